The maximum atomic E-state index is 12.7. The molecule has 16 heavy (non-hydrogen) atoms. The molecule has 0 spiro atoms. The number of sulfone groups is 1. The van der Waals surface area contributed by atoms with Gasteiger partial charge in [-0.2, -0.15) is 0 Å². The molecule has 0 aliphatic heterocycles. The molecule has 0 N–H and O–H groups in total. The zero-order chi connectivity index (χ0) is 11.8. The van der Waals surface area contributed by atoms with E-state index >= 15 is 0 Å². The number of benzene rings is 1. The predicted octanol–water partition coefficient (Wildman–Crippen LogP) is 2.79. The lowest BCUT2D eigenvalue weighted by atomic mass is 10.1. The number of hydrogen-bond donors (Lipinski definition) is 0. The number of rotatable bonds is 2. The molecule has 1 aromatic carbocycles. The van der Waals surface area contributed by atoms with E-state index in [1.165, 1.54) is 24.3 Å². The van der Waals surface area contributed by atoms with Crippen molar-refractivity contribution < 1.29 is 12.8 Å². The molecule has 2 nitrogen and oxygen atoms in total. The fourth-order valence-electron chi connectivity index (χ4n) is 2.37. The van der Waals surface area contributed by atoms with Gasteiger partial charge in [-0.15, -0.1) is 0 Å². The van der Waals surface area contributed by atoms with Crippen molar-refractivity contribution in [2.24, 2.45) is 5.92 Å². The molecular formula is C12H15FO2S. The van der Waals surface area contributed by atoms with E-state index < -0.39 is 15.7 Å². The van der Waals surface area contributed by atoms with Gasteiger partial charge in [0.25, 0.3) is 0 Å². The van der Waals surface area contributed by atoms with Crippen molar-refractivity contribution in [1.82, 2.24) is 0 Å². The van der Waals surface area contributed by atoms with Gasteiger partial charge in [0, 0.05) is 0 Å². The zero-order valence-corrected chi connectivity index (χ0v) is 10.0. The highest BCUT2D eigenvalue weighted by atomic mass is 32.2. The molecule has 1 fully saturated rings. The van der Waals surface area contributed by atoms with Gasteiger partial charge in [0.2, 0.25) is 0 Å². The van der Waals surface area contributed by atoms with Gasteiger partial charge in [0.15, 0.2) is 9.84 Å². The Hall–Kier alpha value is -0.900. The molecule has 0 heterocycles. The van der Waals surface area contributed by atoms with Crippen LogP contribution in [0, 0.1) is 11.7 Å². The Labute approximate surface area is 95.4 Å². The van der Waals surface area contributed by atoms with Crippen LogP contribution in [0.25, 0.3) is 0 Å². The van der Waals surface area contributed by atoms with Crippen LogP contribution in [-0.2, 0) is 9.84 Å². The topological polar surface area (TPSA) is 34.1 Å². The third kappa shape index (κ3) is 1.98. The third-order valence-electron chi connectivity index (χ3n) is 3.32. The first-order valence-electron chi connectivity index (χ1n) is 5.51. The van der Waals surface area contributed by atoms with Crippen LogP contribution >= 0.6 is 0 Å². The molecule has 1 aliphatic carbocycles. The van der Waals surface area contributed by atoms with Gasteiger partial charge in [0.1, 0.15) is 5.82 Å². The Kier molecular flexibility index (Phi) is 3.02. The van der Waals surface area contributed by atoms with Crippen molar-refractivity contribution >= 4 is 9.84 Å². The van der Waals surface area contributed by atoms with Crippen molar-refractivity contribution in [3.05, 3.63) is 30.1 Å². The van der Waals surface area contributed by atoms with E-state index in [1.807, 2.05) is 6.92 Å². The molecule has 0 bridgehead atoms. The molecule has 2 rings (SSSR count). The molecular weight excluding hydrogens is 227 g/mol. The monoisotopic (exact) mass is 242 g/mol. The van der Waals surface area contributed by atoms with Crippen LogP contribution in [-0.4, -0.2) is 13.7 Å². The first-order valence-corrected chi connectivity index (χ1v) is 7.06. The first-order chi connectivity index (χ1) is 7.51. The molecule has 1 aliphatic rings. The van der Waals surface area contributed by atoms with Crippen molar-refractivity contribution in [2.45, 2.75) is 36.3 Å². The summed E-state index contributed by atoms with van der Waals surface area (Å²) in [5, 5.41) is -0.294. The van der Waals surface area contributed by atoms with Crippen LogP contribution in [0.15, 0.2) is 29.2 Å². The maximum Gasteiger partial charge on any atom is 0.181 e. The molecule has 88 valence electrons. The van der Waals surface area contributed by atoms with E-state index in [1.54, 1.807) is 0 Å². The summed E-state index contributed by atoms with van der Waals surface area (Å²) in [6, 6.07) is 5.12. The lowest BCUT2D eigenvalue weighted by Crippen LogP contribution is -2.23. The van der Waals surface area contributed by atoms with Gasteiger partial charge < -0.3 is 0 Å². The van der Waals surface area contributed by atoms with Crippen molar-refractivity contribution in [1.29, 1.82) is 0 Å². The second-order valence-corrected chi connectivity index (χ2v) is 6.61. The molecule has 0 amide bonds. The summed E-state index contributed by atoms with van der Waals surface area (Å²) >= 11 is 0. The molecule has 2 atom stereocenters. The van der Waals surface area contributed by atoms with Gasteiger partial charge in [-0.05, 0) is 43.0 Å². The second-order valence-electron chi connectivity index (χ2n) is 4.45. The summed E-state index contributed by atoms with van der Waals surface area (Å²) in [5.74, 6) is -0.200. The van der Waals surface area contributed by atoms with E-state index in [4.69, 9.17) is 0 Å². The molecule has 0 radical (unpaired) electrons. The normalized spacial score (nSPS) is 25.9. The fourth-order valence-corrected chi connectivity index (χ4v) is 4.46. The van der Waals surface area contributed by atoms with Gasteiger partial charge in [-0.1, -0.05) is 13.3 Å². The number of halogens is 1. The first kappa shape index (κ1) is 11.6. The summed E-state index contributed by atoms with van der Waals surface area (Å²) < 4.78 is 37.2. The molecule has 0 aromatic heterocycles. The van der Waals surface area contributed by atoms with Gasteiger partial charge in [-0.3, -0.25) is 0 Å². The smallest absolute Gasteiger partial charge is 0.181 e. The minimum Gasteiger partial charge on any atom is -0.223 e. The van der Waals surface area contributed by atoms with Crippen LogP contribution in [0.5, 0.6) is 0 Å². The molecule has 2 unspecified atom stereocenters. The Balaban J connectivity index is 2.35. The largest absolute Gasteiger partial charge is 0.223 e. The molecule has 1 saturated carbocycles. The molecule has 1 aromatic rings. The highest BCUT2D eigenvalue weighted by Crippen LogP contribution is 2.34. The quantitative estimate of drug-likeness (QED) is 0.747. The van der Waals surface area contributed by atoms with E-state index in [0.717, 1.165) is 19.3 Å². The third-order valence-corrected chi connectivity index (χ3v) is 5.75. The van der Waals surface area contributed by atoms with Crippen molar-refractivity contribution in [3.63, 3.8) is 0 Å². The minimum atomic E-state index is -3.27. The predicted molar refractivity (Wildman–Crippen MR) is 60.4 cm³/mol. The van der Waals surface area contributed by atoms with E-state index in [9.17, 15) is 12.8 Å². The van der Waals surface area contributed by atoms with Gasteiger partial charge in [-0.25, -0.2) is 12.8 Å². The summed E-state index contributed by atoms with van der Waals surface area (Å²) in [4.78, 5) is 0.243. The van der Waals surface area contributed by atoms with E-state index in [-0.39, 0.29) is 16.1 Å². The lowest BCUT2D eigenvalue weighted by Gasteiger charge is -2.16. The molecule has 4 heteroatoms. The van der Waals surface area contributed by atoms with E-state index in [2.05, 4.69) is 0 Å². The Morgan fingerprint density at radius 3 is 2.31 bits per heavy atom. The zero-order valence-electron chi connectivity index (χ0n) is 9.19. The minimum absolute atomic E-state index is 0.204. The molecule has 0 saturated heterocycles. The van der Waals surface area contributed by atoms with Crippen LogP contribution in [0.1, 0.15) is 26.2 Å². The summed E-state index contributed by atoms with van der Waals surface area (Å²) in [6.45, 7) is 1.97. The van der Waals surface area contributed by atoms with Crippen LogP contribution in [0.2, 0.25) is 0 Å². The number of hydrogen-bond acceptors (Lipinski definition) is 2. The van der Waals surface area contributed by atoms with Crippen molar-refractivity contribution in [2.75, 3.05) is 0 Å². The standard InChI is InChI=1S/C12H15FO2S/c1-9-3-2-4-12(9)16(14,15)11-7-5-10(13)6-8-11/h5-9,12H,2-4H2,1H3. The Morgan fingerprint density at radius 2 is 1.81 bits per heavy atom. The van der Waals surface area contributed by atoms with Gasteiger partial charge in [0.05, 0.1) is 10.1 Å². The Morgan fingerprint density at radius 1 is 1.19 bits per heavy atom. The fraction of sp³-hybridized carbons (Fsp3) is 0.500. The highest BCUT2D eigenvalue weighted by molar-refractivity contribution is 7.92. The summed E-state index contributed by atoms with van der Waals surface area (Å²) in [5.41, 5.74) is 0. The van der Waals surface area contributed by atoms with Crippen molar-refractivity contribution in [3.8, 4) is 0 Å². The Bertz CT molecular complexity index is 464. The van der Waals surface area contributed by atoms with Gasteiger partial charge >= 0.3 is 0 Å². The average Bonchev–Trinajstić information content (AvgIpc) is 2.66. The lowest BCUT2D eigenvalue weighted by molar-refractivity contribution is 0.544. The van der Waals surface area contributed by atoms with Crippen LogP contribution in [0.3, 0.4) is 0 Å². The summed E-state index contributed by atoms with van der Waals surface area (Å²) in [7, 11) is -3.27. The second kappa shape index (κ2) is 4.17. The highest BCUT2D eigenvalue weighted by Gasteiger charge is 2.35. The van der Waals surface area contributed by atoms with E-state index in [0.29, 0.717) is 0 Å². The average molecular weight is 242 g/mol. The van der Waals surface area contributed by atoms with Crippen LogP contribution < -0.4 is 0 Å². The maximum absolute atomic E-state index is 12.7. The summed E-state index contributed by atoms with van der Waals surface area (Å²) in [6.07, 6.45) is 2.65. The van der Waals surface area contributed by atoms with Crippen LogP contribution in [0.4, 0.5) is 4.39 Å². The SMILES string of the molecule is CC1CCCC1S(=O)(=O)c1ccc(F)cc1.